The number of amides is 1. The topological polar surface area (TPSA) is 66.4 Å². The van der Waals surface area contributed by atoms with Crippen LogP contribution >= 0.6 is 0 Å². The summed E-state index contributed by atoms with van der Waals surface area (Å²) in [5.74, 6) is -1.08. The Morgan fingerprint density at radius 3 is 2.38 bits per heavy atom. The van der Waals surface area contributed by atoms with Gasteiger partial charge in [-0.25, -0.2) is 0 Å². The van der Waals surface area contributed by atoms with Gasteiger partial charge in [-0.3, -0.25) is 9.59 Å². The summed E-state index contributed by atoms with van der Waals surface area (Å²) >= 11 is 0. The summed E-state index contributed by atoms with van der Waals surface area (Å²) in [6.07, 6.45) is -0.0724. The first-order valence-electron chi connectivity index (χ1n) is 6.99. The molecular formula is C17H19NO3. The minimum atomic E-state index is -0.910. The maximum absolute atomic E-state index is 12.3. The van der Waals surface area contributed by atoms with Crippen molar-refractivity contribution in [3.63, 3.8) is 0 Å². The number of carbonyl (C=O) groups excluding carboxylic acids is 1. The van der Waals surface area contributed by atoms with E-state index in [9.17, 15) is 9.59 Å². The molecule has 0 heterocycles. The van der Waals surface area contributed by atoms with Gasteiger partial charge >= 0.3 is 5.97 Å². The molecule has 1 amide bonds. The monoisotopic (exact) mass is 285 g/mol. The normalized spacial score (nSPS) is 12.3. The van der Waals surface area contributed by atoms with E-state index in [2.05, 4.69) is 5.32 Å². The summed E-state index contributed by atoms with van der Waals surface area (Å²) < 4.78 is 0. The molecule has 21 heavy (non-hydrogen) atoms. The molecule has 2 aromatic carbocycles. The number of benzene rings is 2. The molecule has 2 N–H and O–H groups in total. The zero-order valence-electron chi connectivity index (χ0n) is 12.2. The first-order chi connectivity index (χ1) is 9.97. The van der Waals surface area contributed by atoms with E-state index in [4.69, 9.17) is 5.11 Å². The Bertz CT molecular complexity index is 664. The summed E-state index contributed by atoms with van der Waals surface area (Å²) in [6.45, 7) is 3.79. The van der Waals surface area contributed by atoms with Crippen molar-refractivity contribution in [2.75, 3.05) is 0 Å². The van der Waals surface area contributed by atoms with Gasteiger partial charge in [0.05, 0.1) is 6.42 Å². The number of hydrogen-bond donors (Lipinski definition) is 2. The Morgan fingerprint density at radius 2 is 1.76 bits per heavy atom. The van der Waals surface area contributed by atoms with Gasteiger partial charge in [0.25, 0.3) is 5.91 Å². The van der Waals surface area contributed by atoms with Crippen LogP contribution < -0.4 is 5.32 Å². The number of aliphatic carboxylic acids is 1. The Hall–Kier alpha value is -2.36. The SMILES string of the molecule is CC(C)C(CC(=O)O)NC(=O)c1ccc2ccccc2c1. The molecule has 0 saturated carbocycles. The molecule has 0 fully saturated rings. The zero-order valence-corrected chi connectivity index (χ0v) is 12.2. The lowest BCUT2D eigenvalue weighted by atomic mass is 10.00. The first-order valence-corrected chi connectivity index (χ1v) is 6.99. The minimum absolute atomic E-state index is 0.0607. The number of nitrogens with one attached hydrogen (secondary N) is 1. The lowest BCUT2D eigenvalue weighted by Gasteiger charge is -2.20. The molecule has 0 aliphatic carbocycles. The van der Waals surface area contributed by atoms with Gasteiger partial charge in [-0.05, 0) is 28.8 Å². The second-order valence-electron chi connectivity index (χ2n) is 5.48. The highest BCUT2D eigenvalue weighted by molar-refractivity contribution is 5.98. The van der Waals surface area contributed by atoms with Crippen LogP contribution in [-0.4, -0.2) is 23.0 Å². The average molecular weight is 285 g/mol. The van der Waals surface area contributed by atoms with Gasteiger partial charge in [0.1, 0.15) is 0 Å². The molecule has 0 radical (unpaired) electrons. The summed E-state index contributed by atoms with van der Waals surface area (Å²) in [4.78, 5) is 23.1. The maximum Gasteiger partial charge on any atom is 0.305 e. The third-order valence-corrected chi connectivity index (χ3v) is 3.53. The van der Waals surface area contributed by atoms with Gasteiger partial charge in [-0.1, -0.05) is 44.2 Å². The summed E-state index contributed by atoms with van der Waals surface area (Å²) in [6, 6.07) is 12.9. The van der Waals surface area contributed by atoms with E-state index in [0.717, 1.165) is 10.8 Å². The van der Waals surface area contributed by atoms with Gasteiger partial charge in [0, 0.05) is 11.6 Å². The fourth-order valence-electron chi connectivity index (χ4n) is 2.22. The van der Waals surface area contributed by atoms with Crippen molar-refractivity contribution in [3.05, 3.63) is 48.0 Å². The Kier molecular flexibility index (Phi) is 4.58. The third kappa shape index (κ3) is 3.81. The molecule has 2 aromatic rings. The summed E-state index contributed by atoms with van der Waals surface area (Å²) in [7, 11) is 0. The zero-order chi connectivity index (χ0) is 15.4. The van der Waals surface area contributed by atoms with Crippen LogP contribution in [0.1, 0.15) is 30.6 Å². The molecule has 4 nitrogen and oxygen atoms in total. The van der Waals surface area contributed by atoms with Crippen LogP contribution in [0.5, 0.6) is 0 Å². The van der Waals surface area contributed by atoms with Crippen LogP contribution in [-0.2, 0) is 4.79 Å². The predicted octanol–water partition coefficient (Wildman–Crippen LogP) is 3.07. The van der Waals surface area contributed by atoms with Crippen molar-refractivity contribution < 1.29 is 14.7 Å². The van der Waals surface area contributed by atoms with Crippen molar-refractivity contribution in [3.8, 4) is 0 Å². The first kappa shape index (κ1) is 15.0. The Balaban J connectivity index is 2.18. The van der Waals surface area contributed by atoms with E-state index < -0.39 is 5.97 Å². The Morgan fingerprint density at radius 1 is 1.10 bits per heavy atom. The maximum atomic E-state index is 12.3. The second-order valence-corrected chi connectivity index (χ2v) is 5.48. The molecule has 1 unspecified atom stereocenters. The third-order valence-electron chi connectivity index (χ3n) is 3.53. The highest BCUT2D eigenvalue weighted by Crippen LogP contribution is 2.16. The molecule has 0 aliphatic rings. The van der Waals surface area contributed by atoms with Gasteiger partial charge in [-0.15, -0.1) is 0 Å². The van der Waals surface area contributed by atoms with E-state index in [1.165, 1.54) is 0 Å². The van der Waals surface area contributed by atoms with Crippen molar-refractivity contribution in [2.45, 2.75) is 26.3 Å². The van der Waals surface area contributed by atoms with Crippen LogP contribution in [0, 0.1) is 5.92 Å². The molecule has 0 spiro atoms. The molecule has 4 heteroatoms. The van der Waals surface area contributed by atoms with E-state index in [0.29, 0.717) is 5.56 Å². The van der Waals surface area contributed by atoms with Crippen LogP contribution in [0.2, 0.25) is 0 Å². The highest BCUT2D eigenvalue weighted by atomic mass is 16.4. The minimum Gasteiger partial charge on any atom is -0.481 e. The van der Waals surface area contributed by atoms with E-state index in [1.54, 1.807) is 6.07 Å². The number of fused-ring (bicyclic) bond motifs is 1. The molecule has 0 saturated heterocycles. The summed E-state index contributed by atoms with van der Waals surface area (Å²) in [5, 5.41) is 13.8. The average Bonchev–Trinajstić information content (AvgIpc) is 2.45. The quantitative estimate of drug-likeness (QED) is 0.887. The van der Waals surface area contributed by atoms with Crippen LogP contribution in [0.25, 0.3) is 10.8 Å². The fourth-order valence-corrected chi connectivity index (χ4v) is 2.22. The number of carboxylic acids is 1. The predicted molar refractivity (Wildman–Crippen MR) is 82.3 cm³/mol. The highest BCUT2D eigenvalue weighted by Gasteiger charge is 2.20. The molecule has 0 bridgehead atoms. The van der Waals surface area contributed by atoms with Crippen molar-refractivity contribution >= 4 is 22.6 Å². The largest absolute Gasteiger partial charge is 0.481 e. The number of rotatable bonds is 5. The van der Waals surface area contributed by atoms with Crippen LogP contribution in [0.3, 0.4) is 0 Å². The van der Waals surface area contributed by atoms with Crippen LogP contribution in [0.4, 0.5) is 0 Å². The molecule has 2 rings (SSSR count). The lowest BCUT2D eigenvalue weighted by molar-refractivity contribution is -0.137. The van der Waals surface area contributed by atoms with Crippen LogP contribution in [0.15, 0.2) is 42.5 Å². The van der Waals surface area contributed by atoms with Crippen molar-refractivity contribution in [1.29, 1.82) is 0 Å². The van der Waals surface area contributed by atoms with Gasteiger partial charge in [0.15, 0.2) is 0 Å². The molecule has 0 aliphatic heterocycles. The Labute approximate surface area is 123 Å². The number of carboxylic acid groups (broad SMARTS) is 1. The van der Waals surface area contributed by atoms with Crippen molar-refractivity contribution in [2.24, 2.45) is 5.92 Å². The van der Waals surface area contributed by atoms with Gasteiger partial charge < -0.3 is 10.4 Å². The lowest BCUT2D eigenvalue weighted by Crippen LogP contribution is -2.40. The van der Waals surface area contributed by atoms with Gasteiger partial charge in [-0.2, -0.15) is 0 Å². The number of hydrogen-bond acceptors (Lipinski definition) is 2. The number of carbonyl (C=O) groups is 2. The van der Waals surface area contributed by atoms with E-state index in [-0.39, 0.29) is 24.3 Å². The molecule has 110 valence electrons. The summed E-state index contributed by atoms with van der Waals surface area (Å²) in [5.41, 5.74) is 0.546. The molecular weight excluding hydrogens is 266 g/mol. The van der Waals surface area contributed by atoms with E-state index >= 15 is 0 Å². The van der Waals surface area contributed by atoms with Gasteiger partial charge in [0.2, 0.25) is 0 Å². The second kappa shape index (κ2) is 6.39. The molecule has 1 atom stereocenters. The van der Waals surface area contributed by atoms with E-state index in [1.807, 2.05) is 50.2 Å². The molecule has 0 aromatic heterocycles. The standard InChI is InChI=1S/C17H19NO3/c1-11(2)15(10-16(19)20)18-17(21)14-8-7-12-5-3-4-6-13(12)9-14/h3-9,11,15H,10H2,1-2H3,(H,18,21)(H,19,20). The van der Waals surface area contributed by atoms with Crippen molar-refractivity contribution in [1.82, 2.24) is 5.32 Å². The smallest absolute Gasteiger partial charge is 0.305 e. The fraction of sp³-hybridized carbons (Fsp3) is 0.294.